The lowest BCUT2D eigenvalue weighted by Gasteiger charge is -2.22. The molecular weight excluding hydrogens is 292 g/mol. The van der Waals surface area contributed by atoms with Gasteiger partial charge in [0.2, 0.25) is 0 Å². The number of rotatable bonds is 4. The lowest BCUT2D eigenvalue weighted by atomic mass is 10.2. The van der Waals surface area contributed by atoms with Crippen LogP contribution in [0.25, 0.3) is 0 Å². The molecule has 0 aliphatic rings. The van der Waals surface area contributed by atoms with Crippen LogP contribution >= 0.6 is 11.3 Å². The monoisotopic (exact) mass is 306 g/mol. The van der Waals surface area contributed by atoms with Crippen molar-refractivity contribution in [3.8, 4) is 6.07 Å². The van der Waals surface area contributed by atoms with E-state index < -0.39 is 10.0 Å². The quantitative estimate of drug-likeness (QED) is 0.871. The zero-order valence-corrected chi connectivity index (χ0v) is 12.8. The van der Waals surface area contributed by atoms with E-state index in [1.165, 1.54) is 16.4 Å². The van der Waals surface area contributed by atoms with E-state index in [1.807, 2.05) is 25.1 Å². The van der Waals surface area contributed by atoms with Crippen LogP contribution in [0.3, 0.4) is 0 Å². The Morgan fingerprint density at radius 3 is 2.35 bits per heavy atom. The van der Waals surface area contributed by atoms with Crippen LogP contribution in [0.2, 0.25) is 0 Å². The predicted molar refractivity (Wildman–Crippen MR) is 80.4 cm³/mol. The summed E-state index contributed by atoms with van der Waals surface area (Å²) in [5.41, 5.74) is 1.70. The summed E-state index contributed by atoms with van der Waals surface area (Å²) in [6.45, 7) is 4.08. The first kappa shape index (κ1) is 14.6. The van der Waals surface area contributed by atoms with Crippen LogP contribution in [-0.2, 0) is 10.0 Å². The standard InChI is InChI=1S/C14H14N2O2S2/c1-3-16(12-6-4-11(2)5-7-12)20(17,18)14-9-8-13(10-15)19-14/h4-9H,3H2,1-2H3. The van der Waals surface area contributed by atoms with Gasteiger partial charge in [0.15, 0.2) is 0 Å². The number of anilines is 1. The maximum absolute atomic E-state index is 12.6. The Bertz CT molecular complexity index is 740. The highest BCUT2D eigenvalue weighted by Gasteiger charge is 2.25. The topological polar surface area (TPSA) is 61.2 Å². The van der Waals surface area contributed by atoms with Crippen molar-refractivity contribution >= 4 is 27.0 Å². The second kappa shape index (κ2) is 5.65. The van der Waals surface area contributed by atoms with Gasteiger partial charge in [-0.2, -0.15) is 5.26 Å². The van der Waals surface area contributed by atoms with E-state index >= 15 is 0 Å². The van der Waals surface area contributed by atoms with E-state index in [-0.39, 0.29) is 4.21 Å². The zero-order valence-electron chi connectivity index (χ0n) is 11.2. The fourth-order valence-corrected chi connectivity index (χ4v) is 4.52. The number of nitriles is 1. The van der Waals surface area contributed by atoms with Crippen molar-refractivity contribution in [2.45, 2.75) is 18.1 Å². The first-order valence-electron chi connectivity index (χ1n) is 6.08. The summed E-state index contributed by atoms with van der Waals surface area (Å²) in [4.78, 5) is 0.392. The number of thiophene rings is 1. The Balaban J connectivity index is 2.45. The third-order valence-electron chi connectivity index (χ3n) is 2.85. The summed E-state index contributed by atoms with van der Waals surface area (Å²) in [6, 6.07) is 12.3. The average molecular weight is 306 g/mol. The molecule has 0 bridgehead atoms. The summed E-state index contributed by atoms with van der Waals surface area (Å²) in [5, 5.41) is 8.81. The maximum Gasteiger partial charge on any atom is 0.273 e. The fraction of sp³-hybridized carbons (Fsp3) is 0.214. The van der Waals surface area contributed by atoms with Crippen LogP contribution in [0.4, 0.5) is 5.69 Å². The molecule has 1 aromatic carbocycles. The smallest absolute Gasteiger partial charge is 0.266 e. The summed E-state index contributed by atoms with van der Waals surface area (Å²) in [7, 11) is -3.61. The molecule has 0 aliphatic heterocycles. The first-order chi connectivity index (χ1) is 9.48. The molecule has 0 atom stereocenters. The molecule has 4 nitrogen and oxygen atoms in total. The van der Waals surface area contributed by atoms with Gasteiger partial charge in [-0.25, -0.2) is 8.42 Å². The molecule has 2 rings (SSSR count). The molecule has 1 aromatic heterocycles. The fourth-order valence-electron chi connectivity index (χ4n) is 1.83. The molecule has 20 heavy (non-hydrogen) atoms. The Hall–Kier alpha value is -1.84. The normalized spacial score (nSPS) is 11.1. The van der Waals surface area contributed by atoms with Crippen molar-refractivity contribution in [1.29, 1.82) is 5.26 Å². The van der Waals surface area contributed by atoms with Crippen LogP contribution in [0.1, 0.15) is 17.4 Å². The van der Waals surface area contributed by atoms with Crippen molar-refractivity contribution in [1.82, 2.24) is 0 Å². The third-order valence-corrected chi connectivity index (χ3v) is 6.21. The van der Waals surface area contributed by atoms with Crippen molar-refractivity contribution in [2.75, 3.05) is 10.8 Å². The molecule has 0 saturated carbocycles. The molecule has 0 amide bonds. The number of benzene rings is 1. The van der Waals surface area contributed by atoms with E-state index in [2.05, 4.69) is 0 Å². The van der Waals surface area contributed by atoms with Gasteiger partial charge in [0, 0.05) is 6.54 Å². The van der Waals surface area contributed by atoms with Crippen LogP contribution in [0.15, 0.2) is 40.6 Å². The first-order valence-corrected chi connectivity index (χ1v) is 8.34. The molecule has 6 heteroatoms. The molecule has 1 heterocycles. The van der Waals surface area contributed by atoms with Gasteiger partial charge in [-0.1, -0.05) is 17.7 Å². The highest BCUT2D eigenvalue weighted by molar-refractivity contribution is 7.94. The van der Waals surface area contributed by atoms with Gasteiger partial charge in [0.25, 0.3) is 10.0 Å². The van der Waals surface area contributed by atoms with E-state index in [1.54, 1.807) is 19.1 Å². The van der Waals surface area contributed by atoms with Crippen LogP contribution in [0.5, 0.6) is 0 Å². The molecule has 0 spiro atoms. The van der Waals surface area contributed by atoms with Crippen LogP contribution in [-0.4, -0.2) is 15.0 Å². The van der Waals surface area contributed by atoms with Crippen molar-refractivity contribution in [3.05, 3.63) is 46.8 Å². The van der Waals surface area contributed by atoms with E-state index in [9.17, 15) is 8.42 Å². The van der Waals surface area contributed by atoms with Crippen LogP contribution < -0.4 is 4.31 Å². The van der Waals surface area contributed by atoms with E-state index in [0.29, 0.717) is 17.1 Å². The summed E-state index contributed by atoms with van der Waals surface area (Å²) >= 11 is 0.991. The largest absolute Gasteiger partial charge is 0.273 e. The molecule has 2 aromatic rings. The number of hydrogen-bond donors (Lipinski definition) is 0. The van der Waals surface area contributed by atoms with Gasteiger partial charge in [-0.3, -0.25) is 4.31 Å². The second-order valence-electron chi connectivity index (χ2n) is 4.24. The highest BCUT2D eigenvalue weighted by Crippen LogP contribution is 2.28. The van der Waals surface area contributed by atoms with Gasteiger partial charge in [-0.15, -0.1) is 11.3 Å². The summed E-state index contributed by atoms with van der Waals surface area (Å²) in [5.74, 6) is 0. The molecule has 0 aliphatic carbocycles. The Labute approximate surface area is 123 Å². The predicted octanol–water partition coefficient (Wildman–Crippen LogP) is 3.14. The van der Waals surface area contributed by atoms with Gasteiger partial charge in [0.1, 0.15) is 15.2 Å². The zero-order chi connectivity index (χ0) is 14.8. The highest BCUT2D eigenvalue weighted by atomic mass is 32.2. The molecule has 0 unspecified atom stereocenters. The minimum atomic E-state index is -3.61. The van der Waals surface area contributed by atoms with Gasteiger partial charge < -0.3 is 0 Å². The van der Waals surface area contributed by atoms with E-state index in [0.717, 1.165) is 16.9 Å². The average Bonchev–Trinajstić information content (AvgIpc) is 2.91. The maximum atomic E-state index is 12.6. The van der Waals surface area contributed by atoms with Crippen LogP contribution in [0, 0.1) is 18.3 Å². The minimum absolute atomic E-state index is 0.191. The van der Waals surface area contributed by atoms with E-state index in [4.69, 9.17) is 5.26 Å². The van der Waals surface area contributed by atoms with Crippen molar-refractivity contribution in [2.24, 2.45) is 0 Å². The number of sulfonamides is 1. The molecular formula is C14H14N2O2S2. The lowest BCUT2D eigenvalue weighted by Crippen LogP contribution is -2.30. The van der Waals surface area contributed by atoms with Crippen molar-refractivity contribution < 1.29 is 8.42 Å². The van der Waals surface area contributed by atoms with Gasteiger partial charge in [-0.05, 0) is 38.1 Å². The summed E-state index contributed by atoms with van der Waals surface area (Å²) in [6.07, 6.45) is 0. The van der Waals surface area contributed by atoms with Gasteiger partial charge >= 0.3 is 0 Å². The number of nitrogens with zero attached hydrogens (tertiary/aromatic N) is 2. The Morgan fingerprint density at radius 1 is 1.20 bits per heavy atom. The van der Waals surface area contributed by atoms with Crippen molar-refractivity contribution in [3.63, 3.8) is 0 Å². The lowest BCUT2D eigenvalue weighted by molar-refractivity contribution is 0.594. The number of aryl methyl sites for hydroxylation is 1. The summed E-state index contributed by atoms with van der Waals surface area (Å²) < 4.78 is 26.7. The molecule has 0 fully saturated rings. The third kappa shape index (κ3) is 2.69. The second-order valence-corrected chi connectivity index (χ2v) is 7.41. The minimum Gasteiger partial charge on any atom is -0.266 e. The molecule has 0 radical (unpaired) electrons. The molecule has 104 valence electrons. The Kier molecular flexibility index (Phi) is 4.12. The molecule has 0 N–H and O–H groups in total. The Morgan fingerprint density at radius 2 is 1.85 bits per heavy atom. The van der Waals surface area contributed by atoms with Gasteiger partial charge in [0.05, 0.1) is 5.69 Å². The number of hydrogen-bond acceptors (Lipinski definition) is 4. The SMILES string of the molecule is CCN(c1ccc(C)cc1)S(=O)(=O)c1ccc(C#N)s1. The molecule has 0 saturated heterocycles.